The molecule has 4 nitrogen and oxygen atoms in total. The number of anilines is 2. The first kappa shape index (κ1) is 17.7. The van der Waals surface area contributed by atoms with Gasteiger partial charge in [0.15, 0.2) is 0 Å². The zero-order valence-electron chi connectivity index (χ0n) is 14.2. The molecule has 4 heteroatoms. The van der Waals surface area contributed by atoms with Crippen LogP contribution >= 0.6 is 0 Å². The summed E-state index contributed by atoms with van der Waals surface area (Å²) in [4.78, 5) is 9.10. The second kappa shape index (κ2) is 10.4. The van der Waals surface area contributed by atoms with E-state index in [0.717, 1.165) is 36.8 Å². The monoisotopic (exact) mass is 292 g/mol. The Bertz CT molecular complexity index is 392. The van der Waals surface area contributed by atoms with Crippen molar-refractivity contribution in [3.8, 4) is 0 Å². The Hall–Kier alpha value is -1.32. The van der Waals surface area contributed by atoms with Crippen molar-refractivity contribution in [2.75, 3.05) is 17.2 Å². The Morgan fingerprint density at radius 2 is 1.76 bits per heavy atom. The molecule has 1 unspecified atom stereocenters. The SMILES string of the molecule is CCCCCCC(C)Nc1cc(NCCC)nc(CC)n1. The summed E-state index contributed by atoms with van der Waals surface area (Å²) >= 11 is 0. The van der Waals surface area contributed by atoms with Crippen LogP contribution in [-0.4, -0.2) is 22.6 Å². The van der Waals surface area contributed by atoms with Crippen LogP contribution in [-0.2, 0) is 6.42 Å². The summed E-state index contributed by atoms with van der Waals surface area (Å²) in [6.07, 6.45) is 8.41. The van der Waals surface area contributed by atoms with Crippen LogP contribution in [0.15, 0.2) is 6.07 Å². The molecule has 0 fully saturated rings. The second-order valence-corrected chi connectivity index (χ2v) is 5.73. The minimum atomic E-state index is 0.459. The molecule has 0 bridgehead atoms. The van der Waals surface area contributed by atoms with Gasteiger partial charge in [-0.2, -0.15) is 0 Å². The number of nitrogens with one attached hydrogen (secondary N) is 2. The van der Waals surface area contributed by atoms with Crippen LogP contribution in [0.1, 0.15) is 72.0 Å². The smallest absolute Gasteiger partial charge is 0.132 e. The van der Waals surface area contributed by atoms with Gasteiger partial charge in [0.25, 0.3) is 0 Å². The highest BCUT2D eigenvalue weighted by atomic mass is 15.1. The lowest BCUT2D eigenvalue weighted by atomic mass is 10.1. The molecule has 1 aromatic rings. The molecule has 0 amide bonds. The number of unbranched alkanes of at least 4 members (excludes halogenated alkanes) is 3. The third kappa shape index (κ3) is 7.30. The molecular formula is C17H32N4. The van der Waals surface area contributed by atoms with Crippen molar-refractivity contribution < 1.29 is 0 Å². The minimum Gasteiger partial charge on any atom is -0.370 e. The Balaban J connectivity index is 2.55. The van der Waals surface area contributed by atoms with Crippen LogP contribution in [0.4, 0.5) is 11.6 Å². The van der Waals surface area contributed by atoms with Gasteiger partial charge in [0, 0.05) is 25.1 Å². The maximum Gasteiger partial charge on any atom is 0.132 e. The van der Waals surface area contributed by atoms with Crippen molar-refractivity contribution >= 4 is 11.6 Å². The standard InChI is InChI=1S/C17H32N4/c1-5-8-9-10-11-14(4)19-17-13-16(18-12-6-2)20-15(7-3)21-17/h13-14H,5-12H2,1-4H3,(H2,18,19,20,21). The molecule has 0 saturated heterocycles. The molecule has 1 aromatic heterocycles. The molecule has 120 valence electrons. The summed E-state index contributed by atoms with van der Waals surface area (Å²) in [5.41, 5.74) is 0. The van der Waals surface area contributed by atoms with E-state index in [2.05, 4.69) is 48.3 Å². The van der Waals surface area contributed by atoms with Crippen molar-refractivity contribution in [3.05, 3.63) is 11.9 Å². The first-order chi connectivity index (χ1) is 10.2. The summed E-state index contributed by atoms with van der Waals surface area (Å²) < 4.78 is 0. The summed E-state index contributed by atoms with van der Waals surface area (Å²) in [6, 6.07) is 2.48. The molecule has 0 spiro atoms. The van der Waals surface area contributed by atoms with Gasteiger partial charge >= 0.3 is 0 Å². The van der Waals surface area contributed by atoms with Gasteiger partial charge in [-0.3, -0.25) is 0 Å². The van der Waals surface area contributed by atoms with E-state index < -0.39 is 0 Å². The first-order valence-electron chi connectivity index (χ1n) is 8.57. The Morgan fingerprint density at radius 1 is 1.00 bits per heavy atom. The van der Waals surface area contributed by atoms with Crippen LogP contribution in [0, 0.1) is 0 Å². The molecule has 1 atom stereocenters. The number of hydrogen-bond donors (Lipinski definition) is 2. The molecule has 0 aliphatic carbocycles. The maximum atomic E-state index is 4.58. The van der Waals surface area contributed by atoms with Crippen molar-refractivity contribution in [2.45, 2.75) is 78.7 Å². The lowest BCUT2D eigenvalue weighted by Crippen LogP contribution is -2.17. The zero-order chi connectivity index (χ0) is 15.5. The summed E-state index contributed by atoms with van der Waals surface area (Å²) in [6.45, 7) is 9.69. The fourth-order valence-corrected chi connectivity index (χ4v) is 2.27. The van der Waals surface area contributed by atoms with Gasteiger partial charge in [0.2, 0.25) is 0 Å². The largest absolute Gasteiger partial charge is 0.370 e. The molecule has 1 heterocycles. The normalized spacial score (nSPS) is 12.2. The Kier molecular flexibility index (Phi) is 8.79. The molecule has 0 saturated carbocycles. The summed E-state index contributed by atoms with van der Waals surface area (Å²) in [7, 11) is 0. The van der Waals surface area contributed by atoms with Crippen molar-refractivity contribution in [1.82, 2.24) is 9.97 Å². The fraction of sp³-hybridized carbons (Fsp3) is 0.765. The van der Waals surface area contributed by atoms with E-state index in [1.165, 1.54) is 32.1 Å². The van der Waals surface area contributed by atoms with Crippen LogP contribution < -0.4 is 10.6 Å². The molecule has 2 N–H and O–H groups in total. The zero-order valence-corrected chi connectivity index (χ0v) is 14.2. The third-order valence-corrected chi connectivity index (χ3v) is 3.53. The summed E-state index contributed by atoms with van der Waals surface area (Å²) in [5.74, 6) is 2.78. The highest BCUT2D eigenvalue weighted by Gasteiger charge is 2.07. The minimum absolute atomic E-state index is 0.459. The number of aryl methyl sites for hydroxylation is 1. The van der Waals surface area contributed by atoms with E-state index in [9.17, 15) is 0 Å². The average Bonchev–Trinajstić information content (AvgIpc) is 2.49. The van der Waals surface area contributed by atoms with Crippen molar-refractivity contribution in [3.63, 3.8) is 0 Å². The molecule has 0 aliphatic heterocycles. The molecule has 21 heavy (non-hydrogen) atoms. The Labute approximate surface area is 130 Å². The number of nitrogens with zero attached hydrogens (tertiary/aromatic N) is 2. The van der Waals surface area contributed by atoms with E-state index >= 15 is 0 Å². The quantitative estimate of drug-likeness (QED) is 0.584. The van der Waals surface area contributed by atoms with Gasteiger partial charge in [-0.25, -0.2) is 9.97 Å². The van der Waals surface area contributed by atoms with Gasteiger partial charge in [-0.1, -0.05) is 46.5 Å². The average molecular weight is 292 g/mol. The van der Waals surface area contributed by atoms with E-state index in [1.807, 2.05) is 6.07 Å². The van der Waals surface area contributed by atoms with E-state index in [1.54, 1.807) is 0 Å². The van der Waals surface area contributed by atoms with Crippen LogP contribution in [0.25, 0.3) is 0 Å². The summed E-state index contributed by atoms with van der Waals surface area (Å²) in [5, 5.41) is 6.87. The molecule has 0 radical (unpaired) electrons. The van der Waals surface area contributed by atoms with E-state index in [4.69, 9.17) is 0 Å². The molecule has 1 rings (SSSR count). The van der Waals surface area contributed by atoms with Crippen LogP contribution in [0.5, 0.6) is 0 Å². The number of rotatable bonds is 11. The van der Waals surface area contributed by atoms with Gasteiger partial charge in [0.1, 0.15) is 17.5 Å². The first-order valence-corrected chi connectivity index (χ1v) is 8.57. The predicted octanol–water partition coefficient (Wildman–Crippen LogP) is 4.63. The van der Waals surface area contributed by atoms with E-state index in [0.29, 0.717) is 6.04 Å². The maximum absolute atomic E-state index is 4.58. The van der Waals surface area contributed by atoms with Gasteiger partial charge < -0.3 is 10.6 Å². The fourth-order valence-electron chi connectivity index (χ4n) is 2.27. The van der Waals surface area contributed by atoms with Crippen LogP contribution in [0.3, 0.4) is 0 Å². The van der Waals surface area contributed by atoms with Gasteiger partial charge in [-0.15, -0.1) is 0 Å². The second-order valence-electron chi connectivity index (χ2n) is 5.73. The number of aromatic nitrogens is 2. The van der Waals surface area contributed by atoms with Gasteiger partial charge in [0.05, 0.1) is 0 Å². The van der Waals surface area contributed by atoms with E-state index in [-0.39, 0.29) is 0 Å². The Morgan fingerprint density at radius 3 is 2.43 bits per heavy atom. The lowest BCUT2D eigenvalue weighted by Gasteiger charge is -2.16. The van der Waals surface area contributed by atoms with Crippen molar-refractivity contribution in [1.29, 1.82) is 0 Å². The topological polar surface area (TPSA) is 49.8 Å². The third-order valence-electron chi connectivity index (χ3n) is 3.53. The molecule has 0 aromatic carbocycles. The predicted molar refractivity (Wildman–Crippen MR) is 92.0 cm³/mol. The highest BCUT2D eigenvalue weighted by Crippen LogP contribution is 2.15. The lowest BCUT2D eigenvalue weighted by molar-refractivity contribution is 0.592. The number of hydrogen-bond acceptors (Lipinski definition) is 4. The highest BCUT2D eigenvalue weighted by molar-refractivity contribution is 5.48. The van der Waals surface area contributed by atoms with Gasteiger partial charge in [-0.05, 0) is 19.8 Å². The van der Waals surface area contributed by atoms with Crippen LogP contribution in [0.2, 0.25) is 0 Å². The molecule has 0 aliphatic rings. The molecular weight excluding hydrogens is 260 g/mol. The van der Waals surface area contributed by atoms with Crippen molar-refractivity contribution in [2.24, 2.45) is 0 Å².